The van der Waals surface area contributed by atoms with Crippen LogP contribution in [0.2, 0.25) is 0 Å². The molecule has 1 aromatic carbocycles. The third-order valence-electron chi connectivity index (χ3n) is 2.74. The van der Waals surface area contributed by atoms with Crippen LogP contribution >= 0.6 is 0 Å². The first-order chi connectivity index (χ1) is 9.23. The van der Waals surface area contributed by atoms with E-state index in [1.165, 1.54) is 13.0 Å². The summed E-state index contributed by atoms with van der Waals surface area (Å²) in [7, 11) is 0. The molecule has 0 aromatic heterocycles. The summed E-state index contributed by atoms with van der Waals surface area (Å²) in [5, 5.41) is 13.1. The molecule has 5 nitrogen and oxygen atoms in total. The standard InChI is InChI=1S/C13H16F2N2O3/c1-6(2)10(12(18)19)16-13(20)17-11-8(14)5-4-7(3)9(11)15/h4-6,10H,1-3H3,(H,18,19)(H2,16,17,20). The van der Waals surface area contributed by atoms with Crippen molar-refractivity contribution in [2.45, 2.75) is 26.8 Å². The molecule has 0 radical (unpaired) electrons. The monoisotopic (exact) mass is 286 g/mol. The number of benzene rings is 1. The maximum Gasteiger partial charge on any atom is 0.326 e. The lowest BCUT2D eigenvalue weighted by Crippen LogP contribution is -2.46. The number of hydrogen-bond donors (Lipinski definition) is 3. The van der Waals surface area contributed by atoms with E-state index in [4.69, 9.17) is 5.11 Å². The average molecular weight is 286 g/mol. The van der Waals surface area contributed by atoms with Crippen LogP contribution in [0.25, 0.3) is 0 Å². The van der Waals surface area contributed by atoms with Gasteiger partial charge in [-0.15, -0.1) is 0 Å². The van der Waals surface area contributed by atoms with Gasteiger partial charge in [-0.2, -0.15) is 0 Å². The molecule has 1 unspecified atom stereocenters. The van der Waals surface area contributed by atoms with Gasteiger partial charge in [0, 0.05) is 0 Å². The van der Waals surface area contributed by atoms with Gasteiger partial charge in [0.25, 0.3) is 0 Å². The van der Waals surface area contributed by atoms with Crippen molar-refractivity contribution in [3.05, 3.63) is 29.3 Å². The fraction of sp³-hybridized carbons (Fsp3) is 0.385. The van der Waals surface area contributed by atoms with Crippen LogP contribution in [-0.2, 0) is 4.79 Å². The lowest BCUT2D eigenvalue weighted by molar-refractivity contribution is -0.140. The third-order valence-corrected chi connectivity index (χ3v) is 2.74. The Hall–Kier alpha value is -2.18. The summed E-state index contributed by atoms with van der Waals surface area (Å²) in [5.74, 6) is -3.41. The SMILES string of the molecule is Cc1ccc(F)c(NC(=O)NC(C(=O)O)C(C)C)c1F. The second-order valence-electron chi connectivity index (χ2n) is 4.71. The molecule has 0 aliphatic carbocycles. The molecular formula is C13H16F2N2O3. The fourth-order valence-electron chi connectivity index (χ4n) is 1.58. The van der Waals surface area contributed by atoms with Crippen LogP contribution in [0, 0.1) is 24.5 Å². The molecule has 0 saturated carbocycles. The summed E-state index contributed by atoms with van der Waals surface area (Å²) in [4.78, 5) is 22.6. The first kappa shape index (κ1) is 15.9. The molecule has 1 rings (SSSR count). The highest BCUT2D eigenvalue weighted by atomic mass is 19.1. The van der Waals surface area contributed by atoms with E-state index in [-0.39, 0.29) is 11.5 Å². The number of anilines is 1. The number of aliphatic carboxylic acids is 1. The van der Waals surface area contributed by atoms with Crippen molar-refractivity contribution in [1.82, 2.24) is 5.32 Å². The molecule has 20 heavy (non-hydrogen) atoms. The van der Waals surface area contributed by atoms with E-state index < -0.39 is 35.4 Å². The average Bonchev–Trinajstić information content (AvgIpc) is 2.35. The number of halogens is 2. The number of carbonyl (C=O) groups is 2. The van der Waals surface area contributed by atoms with Crippen molar-refractivity contribution < 1.29 is 23.5 Å². The molecule has 2 amide bonds. The number of carboxylic acids is 1. The zero-order valence-corrected chi connectivity index (χ0v) is 11.3. The van der Waals surface area contributed by atoms with E-state index in [0.717, 1.165) is 6.07 Å². The summed E-state index contributed by atoms with van der Waals surface area (Å²) in [5.41, 5.74) is -0.435. The fourth-order valence-corrected chi connectivity index (χ4v) is 1.58. The summed E-state index contributed by atoms with van der Waals surface area (Å²) < 4.78 is 27.1. The van der Waals surface area contributed by atoms with Crippen LogP contribution in [0.5, 0.6) is 0 Å². The van der Waals surface area contributed by atoms with Crippen molar-refractivity contribution in [1.29, 1.82) is 0 Å². The molecule has 1 atom stereocenters. The van der Waals surface area contributed by atoms with Gasteiger partial charge in [-0.05, 0) is 24.5 Å². The normalized spacial score (nSPS) is 12.1. The maximum absolute atomic E-state index is 13.7. The Kier molecular flexibility index (Phi) is 5.01. The summed E-state index contributed by atoms with van der Waals surface area (Å²) in [6, 6.07) is 0.132. The predicted octanol–water partition coefficient (Wildman–Crippen LogP) is 2.50. The molecule has 0 heterocycles. The van der Waals surface area contributed by atoms with Gasteiger partial charge in [0.2, 0.25) is 0 Å². The largest absolute Gasteiger partial charge is 0.480 e. The number of hydrogen-bond acceptors (Lipinski definition) is 2. The van der Waals surface area contributed by atoms with Crippen molar-refractivity contribution >= 4 is 17.7 Å². The number of amides is 2. The van der Waals surface area contributed by atoms with Crippen LogP contribution in [0.15, 0.2) is 12.1 Å². The molecule has 7 heteroatoms. The van der Waals surface area contributed by atoms with Crippen LogP contribution < -0.4 is 10.6 Å². The first-order valence-electron chi connectivity index (χ1n) is 5.99. The van der Waals surface area contributed by atoms with Crippen molar-refractivity contribution in [3.8, 4) is 0 Å². The van der Waals surface area contributed by atoms with Crippen LogP contribution in [-0.4, -0.2) is 23.1 Å². The minimum absolute atomic E-state index is 0.167. The molecular weight excluding hydrogens is 270 g/mol. The van der Waals surface area contributed by atoms with Gasteiger partial charge < -0.3 is 15.7 Å². The Morgan fingerprint density at radius 3 is 2.35 bits per heavy atom. The van der Waals surface area contributed by atoms with E-state index in [1.807, 2.05) is 5.32 Å². The second-order valence-corrected chi connectivity index (χ2v) is 4.71. The van der Waals surface area contributed by atoms with Gasteiger partial charge in [-0.3, -0.25) is 0 Å². The molecule has 0 saturated heterocycles. The van der Waals surface area contributed by atoms with E-state index >= 15 is 0 Å². The minimum Gasteiger partial charge on any atom is -0.480 e. The highest BCUT2D eigenvalue weighted by molar-refractivity contribution is 5.92. The van der Waals surface area contributed by atoms with Gasteiger partial charge in [-0.1, -0.05) is 19.9 Å². The van der Waals surface area contributed by atoms with Crippen LogP contribution in [0.1, 0.15) is 19.4 Å². The van der Waals surface area contributed by atoms with E-state index in [0.29, 0.717) is 0 Å². The van der Waals surface area contributed by atoms with Gasteiger partial charge in [0.05, 0.1) is 0 Å². The third kappa shape index (κ3) is 3.66. The Balaban J connectivity index is 2.87. The van der Waals surface area contributed by atoms with E-state index in [9.17, 15) is 18.4 Å². The topological polar surface area (TPSA) is 78.4 Å². The summed E-state index contributed by atoms with van der Waals surface area (Å²) in [6.07, 6.45) is 0. The molecule has 0 spiro atoms. The molecule has 0 bridgehead atoms. The summed E-state index contributed by atoms with van der Waals surface area (Å²) in [6.45, 7) is 4.63. The summed E-state index contributed by atoms with van der Waals surface area (Å²) >= 11 is 0. The number of nitrogens with one attached hydrogen (secondary N) is 2. The first-order valence-corrected chi connectivity index (χ1v) is 5.99. The zero-order valence-electron chi connectivity index (χ0n) is 11.3. The predicted molar refractivity (Wildman–Crippen MR) is 69.5 cm³/mol. The molecule has 110 valence electrons. The smallest absolute Gasteiger partial charge is 0.326 e. The molecule has 0 fully saturated rings. The van der Waals surface area contributed by atoms with Crippen molar-refractivity contribution in [2.75, 3.05) is 5.32 Å². The van der Waals surface area contributed by atoms with Crippen LogP contribution in [0.3, 0.4) is 0 Å². The molecule has 0 aliphatic heterocycles. The zero-order chi connectivity index (χ0) is 15.4. The van der Waals surface area contributed by atoms with E-state index in [2.05, 4.69) is 5.32 Å². The number of rotatable bonds is 4. The maximum atomic E-state index is 13.7. The molecule has 3 N–H and O–H groups in total. The molecule has 0 aliphatic rings. The van der Waals surface area contributed by atoms with Gasteiger partial charge in [0.1, 0.15) is 17.5 Å². The highest BCUT2D eigenvalue weighted by Crippen LogP contribution is 2.21. The Morgan fingerprint density at radius 2 is 1.85 bits per heavy atom. The second kappa shape index (κ2) is 6.31. The van der Waals surface area contributed by atoms with E-state index in [1.54, 1.807) is 13.8 Å². The van der Waals surface area contributed by atoms with Gasteiger partial charge in [-0.25, -0.2) is 18.4 Å². The lowest BCUT2D eigenvalue weighted by atomic mass is 10.1. The number of urea groups is 1. The van der Waals surface area contributed by atoms with Gasteiger partial charge >= 0.3 is 12.0 Å². The Labute approximate surface area is 115 Å². The number of carbonyl (C=O) groups excluding carboxylic acids is 1. The quantitative estimate of drug-likeness (QED) is 0.795. The highest BCUT2D eigenvalue weighted by Gasteiger charge is 2.24. The van der Waals surface area contributed by atoms with Crippen molar-refractivity contribution in [2.24, 2.45) is 5.92 Å². The van der Waals surface area contributed by atoms with Crippen molar-refractivity contribution in [3.63, 3.8) is 0 Å². The Morgan fingerprint density at radius 1 is 1.25 bits per heavy atom. The number of aryl methyl sites for hydroxylation is 1. The lowest BCUT2D eigenvalue weighted by Gasteiger charge is -2.18. The number of carboxylic acid groups (broad SMARTS) is 1. The minimum atomic E-state index is -1.22. The van der Waals surface area contributed by atoms with Crippen LogP contribution in [0.4, 0.5) is 19.3 Å². The van der Waals surface area contributed by atoms with Gasteiger partial charge in [0.15, 0.2) is 5.82 Å². The molecule has 1 aromatic rings. The Bertz CT molecular complexity index is 533.